The van der Waals surface area contributed by atoms with Crippen molar-refractivity contribution < 1.29 is 0 Å². The van der Waals surface area contributed by atoms with Gasteiger partial charge in [-0.3, -0.25) is 4.99 Å². The van der Waals surface area contributed by atoms with Gasteiger partial charge in [0.1, 0.15) is 0 Å². The van der Waals surface area contributed by atoms with Crippen LogP contribution in [0.2, 0.25) is 5.02 Å². The van der Waals surface area contributed by atoms with Gasteiger partial charge >= 0.3 is 0 Å². The van der Waals surface area contributed by atoms with Crippen molar-refractivity contribution in [3.05, 3.63) is 47.0 Å². The average Bonchev–Trinajstić information content (AvgIpc) is 2.34. The Bertz CT molecular complexity index is 467. The fourth-order valence-corrected chi connectivity index (χ4v) is 1.70. The predicted molar refractivity (Wildman–Crippen MR) is 99.2 cm³/mol. The molecule has 0 aliphatic rings. The van der Waals surface area contributed by atoms with Crippen LogP contribution in [-0.2, 0) is 5.41 Å². The van der Waals surface area contributed by atoms with Gasteiger partial charge in [-0.05, 0) is 24.6 Å². The number of halogens is 2. The minimum absolute atomic E-state index is 0. The van der Waals surface area contributed by atoms with Crippen LogP contribution in [0.25, 0.3) is 0 Å². The molecule has 0 fully saturated rings. The zero-order chi connectivity index (χ0) is 14.5. The number of hydrogen-bond acceptors (Lipinski definition) is 1. The fourth-order valence-electron chi connectivity index (χ4n) is 1.57. The summed E-state index contributed by atoms with van der Waals surface area (Å²) in [5, 5.41) is 3.76. The van der Waals surface area contributed by atoms with Crippen LogP contribution in [0.3, 0.4) is 0 Å². The second-order valence-corrected chi connectivity index (χ2v) is 5.84. The topological polar surface area (TPSA) is 50.4 Å². The van der Waals surface area contributed by atoms with Gasteiger partial charge in [0.25, 0.3) is 0 Å². The molecule has 1 aromatic carbocycles. The Morgan fingerprint density at radius 1 is 1.35 bits per heavy atom. The molecule has 20 heavy (non-hydrogen) atoms. The average molecular weight is 408 g/mol. The molecule has 0 aliphatic heterocycles. The Labute approximate surface area is 143 Å². The van der Waals surface area contributed by atoms with E-state index >= 15 is 0 Å². The lowest BCUT2D eigenvalue weighted by atomic mass is 9.85. The molecule has 0 saturated heterocycles. The van der Waals surface area contributed by atoms with Crippen LogP contribution in [0.1, 0.15) is 26.3 Å². The van der Waals surface area contributed by atoms with E-state index in [1.54, 1.807) is 0 Å². The number of benzene rings is 1. The first-order chi connectivity index (χ1) is 8.81. The second-order valence-electron chi connectivity index (χ2n) is 5.40. The van der Waals surface area contributed by atoms with Crippen molar-refractivity contribution in [1.29, 1.82) is 0 Å². The van der Waals surface area contributed by atoms with Crippen molar-refractivity contribution in [1.82, 2.24) is 5.32 Å². The molecular weight excluding hydrogens is 385 g/mol. The van der Waals surface area contributed by atoms with Gasteiger partial charge in [-0.15, -0.1) is 24.0 Å². The summed E-state index contributed by atoms with van der Waals surface area (Å²) < 4.78 is 0. The summed E-state index contributed by atoms with van der Waals surface area (Å²) in [7, 11) is 0. The zero-order valence-corrected chi connectivity index (χ0v) is 15.3. The van der Waals surface area contributed by atoms with Crippen molar-refractivity contribution in [3.8, 4) is 0 Å². The third-order valence-corrected chi connectivity index (χ3v) is 3.09. The Balaban J connectivity index is 0.00000361. The second kappa shape index (κ2) is 8.52. The SMILES string of the molecule is C=C(C)CNC(N)=NCC(C)(C)c1ccc(Cl)cc1.I. The molecule has 0 spiro atoms. The lowest BCUT2D eigenvalue weighted by Crippen LogP contribution is -2.34. The van der Waals surface area contributed by atoms with Gasteiger partial charge in [-0.25, -0.2) is 0 Å². The van der Waals surface area contributed by atoms with Gasteiger partial charge in [-0.2, -0.15) is 0 Å². The van der Waals surface area contributed by atoms with Crippen molar-refractivity contribution in [2.45, 2.75) is 26.2 Å². The van der Waals surface area contributed by atoms with Crippen molar-refractivity contribution in [2.24, 2.45) is 10.7 Å². The Kier molecular flexibility index (Phi) is 8.20. The largest absolute Gasteiger partial charge is 0.370 e. The predicted octanol–water partition coefficient (Wildman–Crippen LogP) is 3.72. The highest BCUT2D eigenvalue weighted by molar-refractivity contribution is 14.0. The maximum atomic E-state index is 5.89. The molecule has 0 radical (unpaired) electrons. The number of guanidine groups is 1. The summed E-state index contributed by atoms with van der Waals surface area (Å²) in [6.07, 6.45) is 0. The van der Waals surface area contributed by atoms with Crippen LogP contribution >= 0.6 is 35.6 Å². The fraction of sp³-hybridized carbons (Fsp3) is 0.400. The van der Waals surface area contributed by atoms with Crippen LogP contribution in [-0.4, -0.2) is 19.0 Å². The van der Waals surface area contributed by atoms with Gasteiger partial charge in [0.05, 0.1) is 6.54 Å². The van der Waals surface area contributed by atoms with Crippen LogP contribution in [0.4, 0.5) is 0 Å². The molecule has 0 heterocycles. The minimum atomic E-state index is -0.0832. The number of nitrogens with zero attached hydrogens (tertiary/aromatic N) is 1. The van der Waals surface area contributed by atoms with Gasteiger partial charge in [-0.1, -0.05) is 49.7 Å². The molecule has 1 aromatic rings. The van der Waals surface area contributed by atoms with Crippen LogP contribution in [0, 0.1) is 0 Å². The molecule has 0 aromatic heterocycles. The van der Waals surface area contributed by atoms with E-state index in [9.17, 15) is 0 Å². The summed E-state index contributed by atoms with van der Waals surface area (Å²) in [5.41, 5.74) is 7.94. The Hall–Kier alpha value is -0.750. The monoisotopic (exact) mass is 407 g/mol. The quantitative estimate of drug-likeness (QED) is 0.338. The summed E-state index contributed by atoms with van der Waals surface area (Å²) in [4.78, 5) is 4.38. The molecule has 112 valence electrons. The smallest absolute Gasteiger partial charge is 0.188 e. The summed E-state index contributed by atoms with van der Waals surface area (Å²) in [6, 6.07) is 7.83. The maximum Gasteiger partial charge on any atom is 0.188 e. The molecule has 1 rings (SSSR count). The molecule has 5 heteroatoms. The minimum Gasteiger partial charge on any atom is -0.370 e. The molecule has 3 N–H and O–H groups in total. The molecule has 0 aliphatic carbocycles. The Morgan fingerprint density at radius 3 is 2.40 bits per heavy atom. The number of nitrogens with two attached hydrogens (primary N) is 1. The third-order valence-electron chi connectivity index (χ3n) is 2.84. The maximum absolute atomic E-state index is 5.89. The molecular formula is C15H23ClIN3. The van der Waals surface area contributed by atoms with Crippen molar-refractivity contribution >= 4 is 41.5 Å². The first-order valence-electron chi connectivity index (χ1n) is 6.25. The van der Waals surface area contributed by atoms with Crippen molar-refractivity contribution in [2.75, 3.05) is 13.1 Å². The normalized spacial score (nSPS) is 11.7. The van der Waals surface area contributed by atoms with Crippen LogP contribution in [0.15, 0.2) is 41.4 Å². The molecule has 0 saturated carbocycles. The zero-order valence-electron chi connectivity index (χ0n) is 12.2. The van der Waals surface area contributed by atoms with E-state index in [4.69, 9.17) is 17.3 Å². The number of nitrogens with one attached hydrogen (secondary N) is 1. The number of rotatable bonds is 5. The lowest BCUT2D eigenvalue weighted by molar-refractivity contribution is 0.539. The van der Waals surface area contributed by atoms with Gasteiger partial charge < -0.3 is 11.1 Å². The van der Waals surface area contributed by atoms with Gasteiger partial charge in [0.2, 0.25) is 0 Å². The molecule has 0 amide bonds. The molecule has 0 bridgehead atoms. The van der Waals surface area contributed by atoms with Gasteiger partial charge in [0, 0.05) is 17.0 Å². The first-order valence-corrected chi connectivity index (χ1v) is 6.63. The molecule has 0 atom stereocenters. The third kappa shape index (κ3) is 6.61. The van der Waals surface area contributed by atoms with E-state index < -0.39 is 0 Å². The van der Waals surface area contributed by atoms with E-state index in [2.05, 4.69) is 30.7 Å². The summed E-state index contributed by atoms with van der Waals surface area (Å²) >= 11 is 5.89. The van der Waals surface area contributed by atoms with Gasteiger partial charge in [0.15, 0.2) is 5.96 Å². The first kappa shape index (κ1) is 19.2. The highest BCUT2D eigenvalue weighted by Gasteiger charge is 2.20. The summed E-state index contributed by atoms with van der Waals surface area (Å²) in [6.45, 7) is 11.3. The molecule has 0 unspecified atom stereocenters. The van der Waals surface area contributed by atoms with E-state index in [1.165, 1.54) is 5.56 Å². The van der Waals surface area contributed by atoms with Crippen LogP contribution < -0.4 is 11.1 Å². The highest BCUT2D eigenvalue weighted by atomic mass is 127. The summed E-state index contributed by atoms with van der Waals surface area (Å²) in [5.74, 6) is 0.449. The highest BCUT2D eigenvalue weighted by Crippen LogP contribution is 2.24. The van der Waals surface area contributed by atoms with E-state index in [-0.39, 0.29) is 29.4 Å². The Morgan fingerprint density at radius 2 is 1.90 bits per heavy atom. The number of aliphatic imine (C=N–C) groups is 1. The standard InChI is InChI=1S/C15H22ClN3.HI/c1-11(2)9-18-14(17)19-10-15(3,4)12-5-7-13(16)8-6-12;/h5-8H,1,9-10H2,2-4H3,(H3,17,18,19);1H. The lowest BCUT2D eigenvalue weighted by Gasteiger charge is -2.23. The van der Waals surface area contributed by atoms with E-state index in [1.807, 2.05) is 31.2 Å². The van der Waals surface area contributed by atoms with E-state index in [0.29, 0.717) is 19.0 Å². The van der Waals surface area contributed by atoms with Crippen LogP contribution in [0.5, 0.6) is 0 Å². The number of hydrogen-bond donors (Lipinski definition) is 2. The van der Waals surface area contributed by atoms with Crippen molar-refractivity contribution in [3.63, 3.8) is 0 Å². The van der Waals surface area contributed by atoms with E-state index in [0.717, 1.165) is 10.6 Å². The molecule has 3 nitrogen and oxygen atoms in total.